The largest absolute Gasteiger partial charge is 0.312 e. The van der Waals surface area contributed by atoms with Gasteiger partial charge in [0.15, 0.2) is 0 Å². The average molecular weight is 279 g/mol. The van der Waals surface area contributed by atoms with Crippen molar-refractivity contribution in [2.24, 2.45) is 0 Å². The van der Waals surface area contributed by atoms with Gasteiger partial charge in [-0.15, -0.1) is 0 Å². The van der Waals surface area contributed by atoms with Gasteiger partial charge in [0, 0.05) is 18.7 Å². The molecule has 0 aliphatic carbocycles. The zero-order valence-corrected chi connectivity index (χ0v) is 12.5. The highest BCUT2D eigenvalue weighted by Crippen LogP contribution is 2.27. The van der Waals surface area contributed by atoms with Crippen LogP contribution in [0.25, 0.3) is 0 Å². The third-order valence-electron chi connectivity index (χ3n) is 4.12. The number of aryl methyl sites for hydroxylation is 3. The highest BCUT2D eigenvalue weighted by Gasteiger charge is 2.21. The molecule has 2 nitrogen and oxygen atoms in total. The highest BCUT2D eigenvalue weighted by atomic mass is 16.2. The van der Waals surface area contributed by atoms with Gasteiger partial charge in [-0.2, -0.15) is 0 Å². The Morgan fingerprint density at radius 2 is 2.00 bits per heavy atom. The first kappa shape index (κ1) is 13.9. The number of benzene rings is 2. The van der Waals surface area contributed by atoms with Crippen molar-refractivity contribution in [3.05, 3.63) is 65.2 Å². The van der Waals surface area contributed by atoms with Crippen LogP contribution >= 0.6 is 0 Å². The minimum absolute atomic E-state index is 0.239. The summed E-state index contributed by atoms with van der Waals surface area (Å²) in [7, 11) is 0. The number of amides is 1. The molecule has 2 heteroatoms. The predicted molar refractivity (Wildman–Crippen MR) is 86.6 cm³/mol. The molecule has 1 amide bonds. The lowest BCUT2D eigenvalue weighted by molar-refractivity contribution is -0.118. The standard InChI is InChI=1S/C19H21NO/c1-15-6-4-7-16(14-15)11-12-19(21)20-13-5-9-17-8-2-3-10-18(17)20/h2-4,6-8,10,14H,5,9,11-13H2,1H3. The minimum atomic E-state index is 0.239. The Labute approximate surface area is 126 Å². The molecular weight excluding hydrogens is 258 g/mol. The molecule has 21 heavy (non-hydrogen) atoms. The molecule has 2 aromatic rings. The number of rotatable bonds is 3. The van der Waals surface area contributed by atoms with Crippen molar-refractivity contribution in [2.75, 3.05) is 11.4 Å². The summed E-state index contributed by atoms with van der Waals surface area (Å²) in [6.45, 7) is 2.94. The van der Waals surface area contributed by atoms with Crippen LogP contribution in [0.5, 0.6) is 0 Å². The second kappa shape index (κ2) is 6.13. The Morgan fingerprint density at radius 1 is 1.14 bits per heavy atom. The summed E-state index contributed by atoms with van der Waals surface area (Å²) in [6.07, 6.45) is 3.54. The third kappa shape index (κ3) is 3.15. The molecule has 1 aliphatic heterocycles. The van der Waals surface area contributed by atoms with Crippen molar-refractivity contribution >= 4 is 11.6 Å². The Morgan fingerprint density at radius 3 is 2.86 bits per heavy atom. The molecule has 1 aliphatic rings. The smallest absolute Gasteiger partial charge is 0.227 e. The topological polar surface area (TPSA) is 20.3 Å². The van der Waals surface area contributed by atoms with E-state index in [-0.39, 0.29) is 5.91 Å². The highest BCUT2D eigenvalue weighted by molar-refractivity contribution is 5.94. The van der Waals surface area contributed by atoms with Gasteiger partial charge in [-0.05, 0) is 43.4 Å². The fraction of sp³-hybridized carbons (Fsp3) is 0.316. The van der Waals surface area contributed by atoms with E-state index in [0.29, 0.717) is 6.42 Å². The monoisotopic (exact) mass is 279 g/mol. The number of fused-ring (bicyclic) bond motifs is 1. The molecule has 3 rings (SSSR count). The molecule has 0 bridgehead atoms. The second-order valence-electron chi connectivity index (χ2n) is 5.77. The second-order valence-corrected chi connectivity index (χ2v) is 5.77. The number of hydrogen-bond donors (Lipinski definition) is 0. The van der Waals surface area contributed by atoms with E-state index in [9.17, 15) is 4.79 Å². The van der Waals surface area contributed by atoms with Crippen molar-refractivity contribution in [3.63, 3.8) is 0 Å². The van der Waals surface area contributed by atoms with E-state index in [1.165, 1.54) is 16.7 Å². The average Bonchev–Trinajstić information content (AvgIpc) is 2.52. The molecule has 1 heterocycles. The molecule has 0 N–H and O–H groups in total. The number of para-hydroxylation sites is 1. The predicted octanol–water partition coefficient (Wildman–Crippen LogP) is 3.91. The van der Waals surface area contributed by atoms with Crippen molar-refractivity contribution in [1.82, 2.24) is 0 Å². The van der Waals surface area contributed by atoms with Crippen LogP contribution in [-0.4, -0.2) is 12.5 Å². The van der Waals surface area contributed by atoms with Crippen molar-refractivity contribution in [2.45, 2.75) is 32.6 Å². The van der Waals surface area contributed by atoms with Crippen LogP contribution in [0.1, 0.15) is 29.5 Å². The van der Waals surface area contributed by atoms with Gasteiger partial charge in [0.05, 0.1) is 0 Å². The molecule has 0 fully saturated rings. The summed E-state index contributed by atoms with van der Waals surface area (Å²) in [5.74, 6) is 0.239. The molecule has 0 aromatic heterocycles. The molecule has 108 valence electrons. The Kier molecular flexibility index (Phi) is 4.05. The first-order chi connectivity index (χ1) is 10.2. The van der Waals surface area contributed by atoms with E-state index < -0.39 is 0 Å². The van der Waals surface area contributed by atoms with Crippen LogP contribution in [0, 0.1) is 6.92 Å². The number of carbonyl (C=O) groups excluding carboxylic acids is 1. The summed E-state index contributed by atoms with van der Waals surface area (Å²) < 4.78 is 0. The van der Waals surface area contributed by atoms with E-state index in [4.69, 9.17) is 0 Å². The van der Waals surface area contributed by atoms with Crippen molar-refractivity contribution in [1.29, 1.82) is 0 Å². The maximum Gasteiger partial charge on any atom is 0.227 e. The number of hydrogen-bond acceptors (Lipinski definition) is 1. The van der Waals surface area contributed by atoms with Crippen molar-refractivity contribution in [3.8, 4) is 0 Å². The normalized spacial score (nSPS) is 13.9. The lowest BCUT2D eigenvalue weighted by Gasteiger charge is -2.29. The van der Waals surface area contributed by atoms with E-state index in [1.807, 2.05) is 11.0 Å². The van der Waals surface area contributed by atoms with Gasteiger partial charge in [0.2, 0.25) is 5.91 Å². The Hall–Kier alpha value is -2.09. The zero-order chi connectivity index (χ0) is 14.7. The maximum absolute atomic E-state index is 12.5. The van der Waals surface area contributed by atoms with Crippen LogP contribution in [-0.2, 0) is 17.6 Å². The van der Waals surface area contributed by atoms with Gasteiger partial charge < -0.3 is 4.90 Å². The summed E-state index contributed by atoms with van der Waals surface area (Å²) in [5, 5.41) is 0. The summed E-state index contributed by atoms with van der Waals surface area (Å²) in [4.78, 5) is 14.5. The van der Waals surface area contributed by atoms with E-state index in [2.05, 4.69) is 49.4 Å². The van der Waals surface area contributed by atoms with Gasteiger partial charge in [0.1, 0.15) is 0 Å². The number of nitrogens with zero attached hydrogens (tertiary/aromatic N) is 1. The fourth-order valence-corrected chi connectivity index (χ4v) is 3.05. The van der Waals surface area contributed by atoms with E-state index in [1.54, 1.807) is 0 Å². The van der Waals surface area contributed by atoms with Gasteiger partial charge >= 0.3 is 0 Å². The van der Waals surface area contributed by atoms with Gasteiger partial charge in [-0.3, -0.25) is 4.79 Å². The SMILES string of the molecule is Cc1cccc(CCC(=O)N2CCCc3ccccc32)c1. The first-order valence-electron chi connectivity index (χ1n) is 7.68. The summed E-state index contributed by atoms with van der Waals surface area (Å²) in [6, 6.07) is 16.7. The molecular formula is C19H21NO. The molecule has 0 saturated heterocycles. The number of anilines is 1. The van der Waals surface area contributed by atoms with Crippen molar-refractivity contribution < 1.29 is 4.79 Å². The van der Waals surface area contributed by atoms with Crippen LogP contribution in [0.4, 0.5) is 5.69 Å². The van der Waals surface area contributed by atoms with Crippen LogP contribution in [0.15, 0.2) is 48.5 Å². The summed E-state index contributed by atoms with van der Waals surface area (Å²) >= 11 is 0. The first-order valence-corrected chi connectivity index (χ1v) is 7.68. The molecule has 0 atom stereocenters. The number of carbonyl (C=O) groups is 1. The lowest BCUT2D eigenvalue weighted by atomic mass is 10.0. The fourth-order valence-electron chi connectivity index (χ4n) is 3.05. The van der Waals surface area contributed by atoms with Crippen LogP contribution in [0.2, 0.25) is 0 Å². The van der Waals surface area contributed by atoms with Crippen LogP contribution in [0.3, 0.4) is 0 Å². The van der Waals surface area contributed by atoms with Gasteiger partial charge in [-0.1, -0.05) is 48.0 Å². The lowest BCUT2D eigenvalue weighted by Crippen LogP contribution is -2.35. The van der Waals surface area contributed by atoms with Gasteiger partial charge in [0.25, 0.3) is 0 Å². The minimum Gasteiger partial charge on any atom is -0.312 e. The van der Waals surface area contributed by atoms with Gasteiger partial charge in [-0.25, -0.2) is 0 Å². The quantitative estimate of drug-likeness (QED) is 0.834. The zero-order valence-electron chi connectivity index (χ0n) is 12.5. The molecule has 0 spiro atoms. The molecule has 2 aromatic carbocycles. The molecule has 0 saturated carbocycles. The van der Waals surface area contributed by atoms with E-state index >= 15 is 0 Å². The Bertz CT molecular complexity index is 648. The third-order valence-corrected chi connectivity index (χ3v) is 4.12. The molecule has 0 radical (unpaired) electrons. The summed E-state index contributed by atoms with van der Waals surface area (Å²) in [5.41, 5.74) is 4.91. The molecule has 0 unspecified atom stereocenters. The van der Waals surface area contributed by atoms with E-state index in [0.717, 1.165) is 31.5 Å². The maximum atomic E-state index is 12.5. The Balaban J connectivity index is 1.69. The van der Waals surface area contributed by atoms with Crippen LogP contribution < -0.4 is 4.90 Å².